The molecule has 2 N–H and O–H groups in total. The highest BCUT2D eigenvalue weighted by molar-refractivity contribution is 6.01. The highest BCUT2D eigenvalue weighted by Gasteiger charge is 2.21. The maximum absolute atomic E-state index is 11.7. The summed E-state index contributed by atoms with van der Waals surface area (Å²) in [6.07, 6.45) is 6.89. The summed E-state index contributed by atoms with van der Waals surface area (Å²) >= 11 is 0. The van der Waals surface area contributed by atoms with Crippen LogP contribution in [0.1, 0.15) is 0 Å². The molecular weight excluding hydrogens is 228 g/mol. The third kappa shape index (κ3) is 2.93. The average molecular weight is 240 g/mol. The van der Waals surface area contributed by atoms with Crippen molar-refractivity contribution in [1.82, 2.24) is 5.32 Å². The van der Waals surface area contributed by atoms with Crippen molar-refractivity contribution in [3.05, 3.63) is 60.2 Å². The molecule has 1 aromatic rings. The number of para-hydroxylation sites is 1. The van der Waals surface area contributed by atoms with E-state index in [9.17, 15) is 4.79 Å². The second-order valence-corrected chi connectivity index (χ2v) is 3.71. The topological polar surface area (TPSA) is 77.5 Å². The van der Waals surface area contributed by atoms with Crippen LogP contribution in [0.4, 0.5) is 10.5 Å². The number of carbonyl (C=O) groups is 1. The first kappa shape index (κ1) is 11.8. The number of rotatable bonds is 2. The van der Waals surface area contributed by atoms with E-state index >= 15 is 0 Å². The van der Waals surface area contributed by atoms with Gasteiger partial charge in [0.25, 0.3) is 0 Å². The molecule has 1 aromatic carbocycles. The minimum atomic E-state index is -0.427. The lowest BCUT2D eigenvalue weighted by Gasteiger charge is -2.12. The Hall–Kier alpha value is -2.65. The van der Waals surface area contributed by atoms with Gasteiger partial charge >= 0.3 is 11.7 Å². The molecule has 5 nitrogen and oxygen atoms in total. The van der Waals surface area contributed by atoms with Gasteiger partial charge < -0.3 is 16.2 Å². The molecule has 2 rings (SSSR count). The average Bonchev–Trinajstić information content (AvgIpc) is 2.40. The number of anilines is 1. The van der Waals surface area contributed by atoms with Gasteiger partial charge in [-0.3, -0.25) is 0 Å². The van der Waals surface area contributed by atoms with Crippen LogP contribution in [-0.4, -0.2) is 22.6 Å². The van der Waals surface area contributed by atoms with Crippen LogP contribution < -0.4 is 10.6 Å². The Morgan fingerprint density at radius 2 is 2.00 bits per heavy atom. The monoisotopic (exact) mass is 240 g/mol. The molecule has 1 atom stereocenters. The quantitative estimate of drug-likeness (QED) is 0.601. The van der Waals surface area contributed by atoms with Crippen molar-refractivity contribution in [1.29, 1.82) is 0 Å². The standard InChI is InChI=1S/C13H12N4O/c14-17-12-9-5-4-8-11(12)16-13(18)15-10-6-2-1-3-7-10/h1-9,11H,(H2,15,16,18). The highest BCUT2D eigenvalue weighted by atomic mass is 16.2. The molecule has 2 amide bonds. The maximum atomic E-state index is 11.7. The second kappa shape index (κ2) is 5.61. The number of amides is 2. The number of benzene rings is 1. The van der Waals surface area contributed by atoms with E-state index in [4.69, 9.17) is 5.53 Å². The molecule has 0 saturated carbocycles. The van der Waals surface area contributed by atoms with E-state index in [-0.39, 0.29) is 6.03 Å². The van der Waals surface area contributed by atoms with Crippen LogP contribution in [-0.2, 0) is 0 Å². The molecule has 1 aliphatic carbocycles. The fraction of sp³-hybridized carbons (Fsp3) is 0.0769. The van der Waals surface area contributed by atoms with Gasteiger partial charge in [-0.25, -0.2) is 4.79 Å². The SMILES string of the molecule is [N-]=[N+]=C1C=CC=CC1NC(=O)Nc1ccccc1. The van der Waals surface area contributed by atoms with Crippen molar-refractivity contribution < 1.29 is 9.58 Å². The van der Waals surface area contributed by atoms with E-state index in [1.165, 1.54) is 0 Å². The second-order valence-electron chi connectivity index (χ2n) is 3.71. The third-order valence-corrected chi connectivity index (χ3v) is 2.43. The van der Waals surface area contributed by atoms with E-state index in [2.05, 4.69) is 15.4 Å². The number of carbonyl (C=O) groups excluding carboxylic acids is 1. The normalized spacial score (nSPS) is 17.1. The Balaban J connectivity index is 1.98. The molecule has 0 fully saturated rings. The molecule has 0 heterocycles. The van der Waals surface area contributed by atoms with E-state index in [1.54, 1.807) is 36.4 Å². The first-order valence-corrected chi connectivity index (χ1v) is 5.49. The number of nitrogens with one attached hydrogen (secondary N) is 2. The van der Waals surface area contributed by atoms with Crippen LogP contribution >= 0.6 is 0 Å². The van der Waals surface area contributed by atoms with Crippen molar-refractivity contribution in [2.24, 2.45) is 0 Å². The van der Waals surface area contributed by atoms with Gasteiger partial charge in [0.2, 0.25) is 0 Å². The van der Waals surface area contributed by atoms with Crippen LogP contribution in [0.3, 0.4) is 0 Å². The molecule has 0 spiro atoms. The van der Waals surface area contributed by atoms with Gasteiger partial charge in [-0.15, -0.1) is 0 Å². The summed E-state index contributed by atoms with van der Waals surface area (Å²) in [5, 5.41) is 5.38. The molecule has 5 heteroatoms. The fourth-order valence-corrected chi connectivity index (χ4v) is 1.58. The minimum Gasteiger partial charge on any atom is -0.361 e. The zero-order valence-electron chi connectivity index (χ0n) is 9.58. The number of hydrogen-bond acceptors (Lipinski definition) is 1. The van der Waals surface area contributed by atoms with E-state index in [1.807, 2.05) is 18.2 Å². The Bertz CT molecular complexity index is 541. The molecule has 18 heavy (non-hydrogen) atoms. The summed E-state index contributed by atoms with van der Waals surface area (Å²) in [5.41, 5.74) is 9.89. The molecule has 90 valence electrons. The smallest absolute Gasteiger partial charge is 0.320 e. The summed E-state index contributed by atoms with van der Waals surface area (Å²) < 4.78 is 0. The first-order valence-electron chi connectivity index (χ1n) is 5.49. The van der Waals surface area contributed by atoms with E-state index in [0.717, 1.165) is 0 Å². The van der Waals surface area contributed by atoms with Crippen molar-refractivity contribution in [3.8, 4) is 0 Å². The van der Waals surface area contributed by atoms with E-state index in [0.29, 0.717) is 11.4 Å². The Labute approximate surface area is 104 Å². The number of allylic oxidation sites excluding steroid dienone is 2. The van der Waals surface area contributed by atoms with Crippen LogP contribution in [0.15, 0.2) is 54.6 Å². The predicted octanol–water partition coefficient (Wildman–Crippen LogP) is 1.97. The molecule has 0 aromatic heterocycles. The van der Waals surface area contributed by atoms with E-state index < -0.39 is 6.04 Å². The zero-order chi connectivity index (χ0) is 12.8. The minimum absolute atomic E-state index is 0.354. The maximum Gasteiger partial charge on any atom is 0.320 e. The summed E-state index contributed by atoms with van der Waals surface area (Å²) in [4.78, 5) is 14.9. The van der Waals surface area contributed by atoms with Gasteiger partial charge in [-0.1, -0.05) is 36.4 Å². The molecule has 0 saturated heterocycles. The van der Waals surface area contributed by atoms with Gasteiger partial charge in [-0.05, 0) is 12.1 Å². The van der Waals surface area contributed by atoms with Crippen LogP contribution in [0.2, 0.25) is 0 Å². The number of hydrogen-bond donors (Lipinski definition) is 2. The van der Waals surface area contributed by atoms with Crippen molar-refractivity contribution in [3.63, 3.8) is 0 Å². The zero-order valence-corrected chi connectivity index (χ0v) is 9.58. The third-order valence-electron chi connectivity index (χ3n) is 2.43. The lowest BCUT2D eigenvalue weighted by atomic mass is 10.1. The van der Waals surface area contributed by atoms with Gasteiger partial charge in [-0.2, -0.15) is 4.79 Å². The lowest BCUT2D eigenvalue weighted by Crippen LogP contribution is -2.42. The van der Waals surface area contributed by atoms with Crippen LogP contribution in [0.25, 0.3) is 5.53 Å². The molecule has 1 unspecified atom stereocenters. The molecular formula is C13H12N4O. The van der Waals surface area contributed by atoms with Crippen molar-refractivity contribution >= 4 is 17.4 Å². The Morgan fingerprint density at radius 1 is 1.22 bits per heavy atom. The molecule has 1 aliphatic rings. The summed E-state index contributed by atoms with van der Waals surface area (Å²) in [6.45, 7) is 0. The molecule has 0 bridgehead atoms. The Kier molecular flexibility index (Phi) is 3.69. The molecule has 0 radical (unpaired) electrons. The summed E-state index contributed by atoms with van der Waals surface area (Å²) in [5.74, 6) is 0. The summed E-state index contributed by atoms with van der Waals surface area (Å²) in [7, 11) is 0. The largest absolute Gasteiger partial charge is 0.361 e. The van der Waals surface area contributed by atoms with Gasteiger partial charge in [0.1, 0.15) is 0 Å². The first-order chi connectivity index (χ1) is 8.79. The van der Waals surface area contributed by atoms with Gasteiger partial charge in [0.15, 0.2) is 6.04 Å². The van der Waals surface area contributed by atoms with Crippen molar-refractivity contribution in [2.75, 3.05) is 5.32 Å². The van der Waals surface area contributed by atoms with Crippen molar-refractivity contribution in [2.45, 2.75) is 6.04 Å². The number of nitrogens with zero attached hydrogens (tertiary/aromatic N) is 2. The summed E-state index contributed by atoms with van der Waals surface area (Å²) in [6, 6.07) is 8.33. The molecule has 0 aliphatic heterocycles. The van der Waals surface area contributed by atoms with Gasteiger partial charge in [0.05, 0.1) is 0 Å². The lowest BCUT2D eigenvalue weighted by molar-refractivity contribution is -0.00729. The predicted molar refractivity (Wildman–Crippen MR) is 69.3 cm³/mol. The van der Waals surface area contributed by atoms with Crippen LogP contribution in [0, 0.1) is 0 Å². The van der Waals surface area contributed by atoms with Gasteiger partial charge in [0, 0.05) is 11.8 Å². The number of urea groups is 1. The highest BCUT2D eigenvalue weighted by Crippen LogP contribution is 2.05. The fourth-order valence-electron chi connectivity index (χ4n) is 1.58. The van der Waals surface area contributed by atoms with Crippen LogP contribution in [0.5, 0.6) is 0 Å². The Morgan fingerprint density at radius 3 is 2.72 bits per heavy atom.